The summed E-state index contributed by atoms with van der Waals surface area (Å²) in [5.41, 5.74) is 4.51. The van der Waals surface area contributed by atoms with Crippen LogP contribution >= 0.6 is 0 Å². The zero-order valence-electron chi connectivity index (χ0n) is 19.0. The number of para-hydroxylation sites is 1. The molecule has 2 aromatic carbocycles. The molecule has 1 heterocycles. The summed E-state index contributed by atoms with van der Waals surface area (Å²) in [4.78, 5) is 2.57. The summed E-state index contributed by atoms with van der Waals surface area (Å²) in [5, 5.41) is 0. The van der Waals surface area contributed by atoms with Crippen molar-refractivity contribution in [3.05, 3.63) is 53.1 Å². The number of ether oxygens (including phenoxy) is 1. The van der Waals surface area contributed by atoms with E-state index in [0.717, 1.165) is 5.56 Å². The molecule has 164 valence electrons. The molecule has 0 aromatic heterocycles. The van der Waals surface area contributed by atoms with E-state index in [-0.39, 0.29) is 10.3 Å². The Kier molecular flexibility index (Phi) is 6.48. The van der Waals surface area contributed by atoms with E-state index >= 15 is 0 Å². The van der Waals surface area contributed by atoms with Gasteiger partial charge < -0.3 is 9.64 Å². The Morgan fingerprint density at radius 3 is 2.10 bits per heavy atom. The van der Waals surface area contributed by atoms with E-state index in [1.165, 1.54) is 16.8 Å². The molecule has 1 saturated heterocycles. The van der Waals surface area contributed by atoms with Gasteiger partial charge in [-0.05, 0) is 55.0 Å². The van der Waals surface area contributed by atoms with E-state index in [0.29, 0.717) is 38.5 Å². The molecule has 1 fully saturated rings. The number of hydrogen-bond donors (Lipinski definition) is 0. The summed E-state index contributed by atoms with van der Waals surface area (Å²) in [7, 11) is -3.64. The van der Waals surface area contributed by atoms with E-state index < -0.39 is 10.0 Å². The largest absolute Gasteiger partial charge is 0.492 e. The molecule has 1 aliphatic rings. The number of rotatable bonds is 5. The lowest BCUT2D eigenvalue weighted by atomic mass is 9.87. The molecule has 0 amide bonds. The molecule has 2 aromatic rings. The minimum absolute atomic E-state index is 0.143. The number of piperazine rings is 1. The van der Waals surface area contributed by atoms with E-state index in [2.05, 4.69) is 57.7 Å². The van der Waals surface area contributed by atoms with Crippen LogP contribution in [0.15, 0.2) is 41.3 Å². The van der Waals surface area contributed by atoms with Crippen molar-refractivity contribution in [3.8, 4) is 5.75 Å². The van der Waals surface area contributed by atoms with Gasteiger partial charge in [0.05, 0.1) is 6.61 Å². The highest BCUT2D eigenvalue weighted by molar-refractivity contribution is 7.89. The van der Waals surface area contributed by atoms with Gasteiger partial charge in [-0.2, -0.15) is 4.31 Å². The Morgan fingerprint density at radius 1 is 0.967 bits per heavy atom. The predicted octanol–water partition coefficient (Wildman–Crippen LogP) is 4.51. The number of nitrogens with zero attached hydrogens (tertiary/aromatic N) is 2. The van der Waals surface area contributed by atoms with Gasteiger partial charge in [-0.1, -0.05) is 45.0 Å². The predicted molar refractivity (Wildman–Crippen MR) is 123 cm³/mol. The Balaban J connectivity index is 1.88. The van der Waals surface area contributed by atoms with Gasteiger partial charge in [-0.3, -0.25) is 0 Å². The number of sulfonamides is 1. The maximum absolute atomic E-state index is 13.6. The van der Waals surface area contributed by atoms with Crippen molar-refractivity contribution in [1.82, 2.24) is 4.31 Å². The summed E-state index contributed by atoms with van der Waals surface area (Å²) in [6.45, 7) is 15.0. The van der Waals surface area contributed by atoms with Gasteiger partial charge in [0.25, 0.3) is 0 Å². The first-order valence-electron chi connectivity index (χ1n) is 10.6. The molecule has 3 rings (SSSR count). The normalized spacial score (nSPS) is 16.0. The number of aryl methyl sites for hydroxylation is 2. The third-order valence-electron chi connectivity index (χ3n) is 5.72. The quantitative estimate of drug-likeness (QED) is 0.700. The fraction of sp³-hybridized carbons (Fsp3) is 0.500. The van der Waals surface area contributed by atoms with Crippen LogP contribution in [0.3, 0.4) is 0 Å². The van der Waals surface area contributed by atoms with Crippen LogP contribution in [-0.2, 0) is 15.4 Å². The van der Waals surface area contributed by atoms with Gasteiger partial charge in [-0.15, -0.1) is 0 Å². The third-order valence-corrected chi connectivity index (χ3v) is 7.64. The Bertz CT molecular complexity index is 981. The third kappa shape index (κ3) is 4.49. The molecule has 0 aliphatic carbocycles. The van der Waals surface area contributed by atoms with Crippen molar-refractivity contribution >= 4 is 15.7 Å². The molecule has 1 aliphatic heterocycles. The van der Waals surface area contributed by atoms with E-state index in [1.807, 2.05) is 13.0 Å². The summed E-state index contributed by atoms with van der Waals surface area (Å²) in [6, 6.07) is 11.8. The fourth-order valence-electron chi connectivity index (χ4n) is 4.05. The molecular formula is C24H34N2O3S. The van der Waals surface area contributed by atoms with Gasteiger partial charge in [-0.25, -0.2) is 8.42 Å². The topological polar surface area (TPSA) is 49.9 Å². The second-order valence-corrected chi connectivity index (χ2v) is 10.9. The molecule has 0 bridgehead atoms. The summed E-state index contributed by atoms with van der Waals surface area (Å²) in [5.74, 6) is 0.433. The first kappa shape index (κ1) is 22.6. The average molecular weight is 431 g/mol. The summed E-state index contributed by atoms with van der Waals surface area (Å²) >= 11 is 0. The van der Waals surface area contributed by atoms with Crippen LogP contribution in [0.1, 0.15) is 44.4 Å². The molecule has 30 heavy (non-hydrogen) atoms. The molecule has 0 unspecified atom stereocenters. The second kappa shape index (κ2) is 8.60. The average Bonchev–Trinajstić information content (AvgIpc) is 2.68. The molecule has 0 saturated carbocycles. The first-order valence-corrected chi connectivity index (χ1v) is 12.1. The van der Waals surface area contributed by atoms with Crippen LogP contribution in [0, 0.1) is 13.8 Å². The van der Waals surface area contributed by atoms with Crippen LogP contribution in [0.5, 0.6) is 5.75 Å². The SMILES string of the molecule is CCOc1ccc(C(C)(C)C)cc1S(=O)(=O)N1CCN(c2c(C)cccc2C)CC1. The van der Waals surface area contributed by atoms with Crippen molar-refractivity contribution in [2.24, 2.45) is 0 Å². The Hall–Kier alpha value is -2.05. The monoisotopic (exact) mass is 430 g/mol. The highest BCUT2D eigenvalue weighted by Gasteiger charge is 2.32. The second-order valence-electron chi connectivity index (χ2n) is 8.98. The van der Waals surface area contributed by atoms with Crippen molar-refractivity contribution in [2.45, 2.75) is 51.9 Å². The van der Waals surface area contributed by atoms with Gasteiger partial charge in [0, 0.05) is 31.9 Å². The molecule has 5 nitrogen and oxygen atoms in total. The van der Waals surface area contributed by atoms with Crippen LogP contribution in [0.25, 0.3) is 0 Å². The number of hydrogen-bond acceptors (Lipinski definition) is 4. The summed E-state index contributed by atoms with van der Waals surface area (Å²) < 4.78 is 34.4. The van der Waals surface area contributed by atoms with Gasteiger partial charge in [0.15, 0.2) is 0 Å². The smallest absolute Gasteiger partial charge is 0.246 e. The lowest BCUT2D eigenvalue weighted by Crippen LogP contribution is -2.49. The summed E-state index contributed by atoms with van der Waals surface area (Å²) in [6.07, 6.45) is 0. The highest BCUT2D eigenvalue weighted by atomic mass is 32.2. The van der Waals surface area contributed by atoms with Crippen LogP contribution in [0.4, 0.5) is 5.69 Å². The van der Waals surface area contributed by atoms with Crippen LogP contribution in [0.2, 0.25) is 0 Å². The molecule has 0 N–H and O–H groups in total. The van der Waals surface area contributed by atoms with E-state index in [1.54, 1.807) is 16.4 Å². The standard InChI is InChI=1S/C24H34N2O3S/c1-7-29-21-12-11-20(24(4,5)6)17-22(21)30(27,28)26-15-13-25(14-16-26)23-18(2)9-8-10-19(23)3/h8-12,17H,7,13-16H2,1-6H3. The maximum atomic E-state index is 13.6. The van der Waals surface area contributed by atoms with Gasteiger partial charge >= 0.3 is 0 Å². The zero-order valence-corrected chi connectivity index (χ0v) is 19.8. The van der Waals surface area contributed by atoms with Crippen LogP contribution in [-0.4, -0.2) is 45.5 Å². The molecule has 6 heteroatoms. The molecular weight excluding hydrogens is 396 g/mol. The zero-order chi connectivity index (χ0) is 22.1. The van der Waals surface area contributed by atoms with Crippen molar-refractivity contribution in [1.29, 1.82) is 0 Å². The maximum Gasteiger partial charge on any atom is 0.246 e. The number of benzene rings is 2. The van der Waals surface area contributed by atoms with Crippen molar-refractivity contribution in [2.75, 3.05) is 37.7 Å². The lowest BCUT2D eigenvalue weighted by molar-refractivity contribution is 0.327. The van der Waals surface area contributed by atoms with Gasteiger partial charge in [0.2, 0.25) is 10.0 Å². The van der Waals surface area contributed by atoms with E-state index in [9.17, 15) is 8.42 Å². The van der Waals surface area contributed by atoms with Crippen molar-refractivity contribution in [3.63, 3.8) is 0 Å². The lowest BCUT2D eigenvalue weighted by Gasteiger charge is -2.37. The van der Waals surface area contributed by atoms with Crippen LogP contribution < -0.4 is 9.64 Å². The molecule has 0 spiro atoms. The first-order chi connectivity index (χ1) is 14.1. The Morgan fingerprint density at radius 2 is 1.57 bits per heavy atom. The minimum Gasteiger partial charge on any atom is -0.492 e. The minimum atomic E-state index is -3.64. The molecule has 0 atom stereocenters. The number of anilines is 1. The van der Waals surface area contributed by atoms with Crippen molar-refractivity contribution < 1.29 is 13.2 Å². The van der Waals surface area contributed by atoms with Gasteiger partial charge in [0.1, 0.15) is 10.6 Å². The molecule has 0 radical (unpaired) electrons. The van der Waals surface area contributed by atoms with E-state index in [4.69, 9.17) is 4.74 Å². The Labute approximate surface area is 181 Å². The fourth-order valence-corrected chi connectivity index (χ4v) is 5.63. The highest BCUT2D eigenvalue weighted by Crippen LogP contribution is 2.34.